The minimum Gasteiger partial charge on any atom is -0.496 e. The Labute approximate surface area is 109 Å². The first-order chi connectivity index (χ1) is 7.74. The summed E-state index contributed by atoms with van der Waals surface area (Å²) in [5.41, 5.74) is 1.40. The summed E-state index contributed by atoms with van der Waals surface area (Å²) in [7, 11) is 2.91. The van der Waals surface area contributed by atoms with Crippen molar-refractivity contribution in [1.29, 1.82) is 0 Å². The van der Waals surface area contributed by atoms with Crippen molar-refractivity contribution in [3.63, 3.8) is 0 Å². The van der Waals surface area contributed by atoms with Crippen molar-refractivity contribution >= 4 is 28.6 Å². The van der Waals surface area contributed by atoms with E-state index in [1.165, 1.54) is 7.11 Å². The number of methoxy groups -OCH3 is 2. The quantitative estimate of drug-likeness (QED) is 0.628. The maximum Gasteiger partial charge on any atom is 0.341 e. The van der Waals surface area contributed by atoms with Crippen molar-refractivity contribution in [2.75, 3.05) is 14.2 Å². The van der Waals surface area contributed by atoms with Gasteiger partial charge in [0.1, 0.15) is 11.3 Å². The molecule has 4 heteroatoms. The number of benzene rings is 1. The molecule has 0 N–H and O–H groups in total. The second-order valence-electron chi connectivity index (χ2n) is 3.05. The van der Waals surface area contributed by atoms with Gasteiger partial charge in [-0.3, -0.25) is 0 Å². The number of esters is 1. The van der Waals surface area contributed by atoms with Gasteiger partial charge in [0, 0.05) is 0 Å². The molecule has 0 aliphatic carbocycles. The highest BCUT2D eigenvalue weighted by Gasteiger charge is 2.16. The van der Waals surface area contributed by atoms with E-state index in [-0.39, 0.29) is 5.97 Å². The maximum atomic E-state index is 11.6. The Morgan fingerprint density at radius 2 is 2.19 bits per heavy atom. The largest absolute Gasteiger partial charge is 0.496 e. The molecule has 0 fully saturated rings. The first-order valence-corrected chi connectivity index (χ1v) is 5.98. The minimum atomic E-state index is -0.366. The Balaban J connectivity index is 3.19. The van der Waals surface area contributed by atoms with Gasteiger partial charge in [0.2, 0.25) is 0 Å². The minimum absolute atomic E-state index is 0.366. The van der Waals surface area contributed by atoms with Crippen molar-refractivity contribution in [3.8, 4) is 5.75 Å². The summed E-state index contributed by atoms with van der Waals surface area (Å²) in [5, 5.41) is 0. The predicted octanol–water partition coefficient (Wildman–Crippen LogP) is 2.97. The third-order valence-electron chi connectivity index (χ3n) is 2.15. The van der Waals surface area contributed by atoms with Crippen LogP contribution in [0.3, 0.4) is 0 Å². The zero-order valence-corrected chi connectivity index (χ0v) is 11.4. The number of halogens is 1. The summed E-state index contributed by atoms with van der Waals surface area (Å²) in [6.45, 7) is 0. The van der Waals surface area contributed by atoms with Gasteiger partial charge in [-0.2, -0.15) is 0 Å². The summed E-state index contributed by atoms with van der Waals surface area (Å²) < 4.78 is 11.8. The molecular weight excluding hydrogens is 319 g/mol. The molecule has 0 aromatic heterocycles. The van der Waals surface area contributed by atoms with E-state index in [0.29, 0.717) is 17.7 Å². The zero-order chi connectivity index (χ0) is 12.0. The molecule has 86 valence electrons. The van der Waals surface area contributed by atoms with E-state index in [2.05, 4.69) is 22.6 Å². The maximum absolute atomic E-state index is 11.6. The van der Waals surface area contributed by atoms with Crippen LogP contribution in [-0.2, 0) is 11.2 Å². The summed E-state index contributed by atoms with van der Waals surface area (Å²) in [6, 6.07) is 5.51. The van der Waals surface area contributed by atoms with Gasteiger partial charge in [0.25, 0.3) is 0 Å². The molecule has 0 radical (unpaired) electrons. The van der Waals surface area contributed by atoms with Crippen LogP contribution in [0.2, 0.25) is 0 Å². The lowest BCUT2D eigenvalue weighted by atomic mass is 10.0. The highest BCUT2D eigenvalue weighted by Crippen LogP contribution is 2.23. The molecule has 3 nitrogen and oxygen atoms in total. The fourth-order valence-electron chi connectivity index (χ4n) is 1.42. The summed E-state index contributed by atoms with van der Waals surface area (Å²) in [4.78, 5) is 11.6. The van der Waals surface area contributed by atoms with Gasteiger partial charge in [-0.15, -0.1) is 0 Å². The van der Waals surface area contributed by atoms with E-state index in [1.54, 1.807) is 13.2 Å². The molecule has 0 saturated heterocycles. The average molecular weight is 332 g/mol. The molecule has 1 aromatic rings. The van der Waals surface area contributed by atoms with Gasteiger partial charge in [-0.05, 0) is 22.1 Å². The number of rotatable bonds is 4. The van der Waals surface area contributed by atoms with Crippen LogP contribution in [0.1, 0.15) is 15.9 Å². The third-order valence-corrected chi connectivity index (χ3v) is 2.66. The number of allylic oxidation sites excluding steroid dienone is 1. The van der Waals surface area contributed by atoms with Crippen LogP contribution in [0, 0.1) is 0 Å². The molecule has 0 aliphatic rings. The number of hydrogen-bond acceptors (Lipinski definition) is 3. The molecule has 0 saturated carbocycles. The summed E-state index contributed by atoms with van der Waals surface area (Å²) in [5.74, 6) is 0.181. The molecule has 16 heavy (non-hydrogen) atoms. The monoisotopic (exact) mass is 332 g/mol. The van der Waals surface area contributed by atoms with E-state index >= 15 is 0 Å². The van der Waals surface area contributed by atoms with E-state index in [9.17, 15) is 4.79 Å². The molecule has 0 amide bonds. The van der Waals surface area contributed by atoms with Crippen LogP contribution >= 0.6 is 22.6 Å². The molecule has 0 unspecified atom stereocenters. The number of carbonyl (C=O) groups excluding carboxylic acids is 1. The first-order valence-electron chi connectivity index (χ1n) is 4.74. The van der Waals surface area contributed by atoms with Crippen LogP contribution in [0.5, 0.6) is 5.75 Å². The second kappa shape index (κ2) is 6.52. The summed E-state index contributed by atoms with van der Waals surface area (Å²) in [6.07, 6.45) is 2.66. The normalized spacial score (nSPS) is 10.4. The fourth-order valence-corrected chi connectivity index (χ4v) is 1.68. The first kappa shape index (κ1) is 13.0. The molecule has 0 bridgehead atoms. The lowest BCUT2D eigenvalue weighted by molar-refractivity contribution is 0.0596. The average Bonchev–Trinajstić information content (AvgIpc) is 2.34. The predicted molar refractivity (Wildman–Crippen MR) is 71.2 cm³/mol. The van der Waals surface area contributed by atoms with Crippen molar-refractivity contribution in [2.24, 2.45) is 0 Å². The topological polar surface area (TPSA) is 35.5 Å². The van der Waals surface area contributed by atoms with Gasteiger partial charge in [-0.1, -0.05) is 40.8 Å². The Kier molecular flexibility index (Phi) is 5.31. The van der Waals surface area contributed by atoms with Crippen molar-refractivity contribution in [3.05, 3.63) is 39.5 Å². The van der Waals surface area contributed by atoms with Crippen molar-refractivity contribution < 1.29 is 14.3 Å². The highest BCUT2D eigenvalue weighted by molar-refractivity contribution is 14.1. The summed E-state index contributed by atoms with van der Waals surface area (Å²) >= 11 is 2.14. The van der Waals surface area contributed by atoms with E-state index in [0.717, 1.165) is 5.56 Å². The van der Waals surface area contributed by atoms with E-state index < -0.39 is 0 Å². The molecule has 1 aromatic carbocycles. The van der Waals surface area contributed by atoms with Gasteiger partial charge < -0.3 is 9.47 Å². The smallest absolute Gasteiger partial charge is 0.341 e. The molecule has 0 atom stereocenters. The standard InChI is InChI=1S/C12H13IO3/c1-15-10-7-3-5-9(6-4-8-13)11(10)12(14)16-2/h3-5,7-8H,6H2,1-2H3/b8-4+. The van der Waals surface area contributed by atoms with Crippen LogP contribution < -0.4 is 4.74 Å². The Morgan fingerprint density at radius 1 is 1.44 bits per heavy atom. The number of carbonyl (C=O) groups is 1. The fraction of sp³-hybridized carbons (Fsp3) is 0.250. The number of ether oxygens (including phenoxy) is 2. The SMILES string of the molecule is COC(=O)c1c(C/C=C/I)cccc1OC. The van der Waals surface area contributed by atoms with Crippen molar-refractivity contribution in [2.45, 2.75) is 6.42 Å². The molecular formula is C12H13IO3. The Morgan fingerprint density at radius 3 is 2.75 bits per heavy atom. The highest BCUT2D eigenvalue weighted by atomic mass is 127. The van der Waals surface area contributed by atoms with Crippen LogP contribution in [0.4, 0.5) is 0 Å². The van der Waals surface area contributed by atoms with Crippen LogP contribution in [-0.4, -0.2) is 20.2 Å². The lowest BCUT2D eigenvalue weighted by Gasteiger charge is -2.10. The molecule has 1 rings (SSSR count). The third kappa shape index (κ3) is 2.98. The number of hydrogen-bond donors (Lipinski definition) is 0. The Bertz CT molecular complexity index is 399. The van der Waals surface area contributed by atoms with E-state index in [1.807, 2.05) is 22.3 Å². The molecule has 0 heterocycles. The Hall–Kier alpha value is -1.04. The zero-order valence-electron chi connectivity index (χ0n) is 9.20. The van der Waals surface area contributed by atoms with Gasteiger partial charge in [0.15, 0.2) is 0 Å². The van der Waals surface area contributed by atoms with Crippen LogP contribution in [0.25, 0.3) is 0 Å². The van der Waals surface area contributed by atoms with Gasteiger partial charge >= 0.3 is 5.97 Å². The van der Waals surface area contributed by atoms with Gasteiger partial charge in [-0.25, -0.2) is 4.79 Å². The second-order valence-corrected chi connectivity index (χ2v) is 3.77. The van der Waals surface area contributed by atoms with E-state index in [4.69, 9.17) is 9.47 Å². The van der Waals surface area contributed by atoms with Crippen molar-refractivity contribution in [1.82, 2.24) is 0 Å². The van der Waals surface area contributed by atoms with Crippen LogP contribution in [0.15, 0.2) is 28.4 Å². The lowest BCUT2D eigenvalue weighted by Crippen LogP contribution is -2.07. The molecule has 0 spiro atoms. The molecule has 0 aliphatic heterocycles. The van der Waals surface area contributed by atoms with Gasteiger partial charge in [0.05, 0.1) is 14.2 Å².